The van der Waals surface area contributed by atoms with Gasteiger partial charge in [0.1, 0.15) is 29.1 Å². The maximum atomic E-state index is 13.1. The number of nitrogens with zero attached hydrogens (tertiary/aromatic N) is 4. The van der Waals surface area contributed by atoms with E-state index in [-0.39, 0.29) is 17.7 Å². The van der Waals surface area contributed by atoms with E-state index >= 15 is 0 Å². The van der Waals surface area contributed by atoms with E-state index in [0.29, 0.717) is 46.4 Å². The van der Waals surface area contributed by atoms with E-state index in [0.717, 1.165) is 5.01 Å². The fraction of sp³-hybridized carbons (Fsp3) is 0.192. The number of nitriles is 1. The third-order valence-corrected chi connectivity index (χ3v) is 6.12. The molecule has 0 saturated carbocycles. The Morgan fingerprint density at radius 3 is 2.65 bits per heavy atom. The summed E-state index contributed by atoms with van der Waals surface area (Å²) in [5, 5.41) is 17.1. The second-order valence-corrected chi connectivity index (χ2v) is 8.73. The van der Waals surface area contributed by atoms with E-state index < -0.39 is 11.7 Å². The first-order chi connectivity index (χ1) is 17.9. The third-order valence-electron chi connectivity index (χ3n) is 5.06. The number of carbonyl (C=O) groups excluding carboxylic acids is 1. The van der Waals surface area contributed by atoms with Crippen molar-refractivity contribution in [2.45, 2.75) is 26.9 Å². The van der Waals surface area contributed by atoms with Gasteiger partial charge in [0.15, 0.2) is 11.5 Å². The largest absolute Gasteiger partial charge is 0.490 e. The normalized spacial score (nSPS) is 11.2. The summed E-state index contributed by atoms with van der Waals surface area (Å²) >= 11 is 1.35. The summed E-state index contributed by atoms with van der Waals surface area (Å²) in [5.74, 6) is -0.253. The van der Waals surface area contributed by atoms with Crippen LogP contribution in [0.3, 0.4) is 0 Å². The van der Waals surface area contributed by atoms with Crippen molar-refractivity contribution < 1.29 is 18.7 Å². The number of fused-ring (bicyclic) bond motifs is 1. The molecule has 2 heterocycles. The van der Waals surface area contributed by atoms with Gasteiger partial charge in [-0.05, 0) is 61.4 Å². The number of hydrogen-bond acceptors (Lipinski definition) is 8. The van der Waals surface area contributed by atoms with E-state index in [1.54, 1.807) is 18.2 Å². The van der Waals surface area contributed by atoms with Crippen molar-refractivity contribution in [1.82, 2.24) is 14.6 Å². The molecule has 4 aromatic rings. The third kappa shape index (κ3) is 6.17. The van der Waals surface area contributed by atoms with Crippen LogP contribution in [-0.2, 0) is 17.8 Å². The molecule has 1 amide bonds. The van der Waals surface area contributed by atoms with Crippen LogP contribution in [0.4, 0.5) is 10.1 Å². The number of hydrogen-bond donors (Lipinski definition) is 1. The predicted molar refractivity (Wildman–Crippen MR) is 137 cm³/mol. The number of amides is 1. The molecule has 0 atom stereocenters. The Bertz CT molecular complexity index is 1570. The summed E-state index contributed by atoms with van der Waals surface area (Å²) in [6, 6.07) is 13.4. The van der Waals surface area contributed by atoms with Gasteiger partial charge in [0.25, 0.3) is 11.5 Å². The van der Waals surface area contributed by atoms with Crippen LogP contribution in [0.25, 0.3) is 11.0 Å². The molecule has 2 aromatic carbocycles. The number of aromatic nitrogens is 3. The monoisotopic (exact) mass is 519 g/mol. The summed E-state index contributed by atoms with van der Waals surface area (Å²) in [6.45, 7) is 4.16. The summed E-state index contributed by atoms with van der Waals surface area (Å²) in [6.07, 6.45) is 2.12. The minimum absolute atomic E-state index is 0.0316. The van der Waals surface area contributed by atoms with E-state index in [1.165, 1.54) is 52.3 Å². The van der Waals surface area contributed by atoms with Gasteiger partial charge in [0.05, 0.1) is 12.3 Å². The molecule has 0 fully saturated rings. The fourth-order valence-corrected chi connectivity index (χ4v) is 4.17. The number of halogens is 1. The second-order valence-electron chi connectivity index (χ2n) is 7.69. The van der Waals surface area contributed by atoms with Crippen LogP contribution in [0.1, 0.15) is 30.1 Å². The van der Waals surface area contributed by atoms with Crippen molar-refractivity contribution in [2.24, 2.45) is 0 Å². The van der Waals surface area contributed by atoms with E-state index in [4.69, 9.17) is 9.47 Å². The number of anilines is 1. The number of ether oxygens (including phenoxy) is 2. The lowest BCUT2D eigenvalue weighted by Crippen LogP contribution is -2.16. The van der Waals surface area contributed by atoms with Crippen molar-refractivity contribution in [2.75, 3.05) is 11.9 Å². The molecule has 0 aliphatic rings. The Balaban J connectivity index is 1.52. The molecule has 0 unspecified atom stereocenters. The first-order valence-electron chi connectivity index (χ1n) is 11.4. The Hall–Kier alpha value is -4.56. The number of rotatable bonds is 9. The minimum Gasteiger partial charge on any atom is -0.490 e. The molecule has 4 rings (SSSR count). The van der Waals surface area contributed by atoms with Crippen LogP contribution in [-0.4, -0.2) is 27.1 Å². The SMILES string of the molecule is CCOc1cc(C=C(C#N)C(=O)Nc2ccc(F)cc2)ccc1OCc1cc(=O)n2nc(CC)sc2n1. The second kappa shape index (κ2) is 11.5. The van der Waals surface area contributed by atoms with Gasteiger partial charge in [-0.2, -0.15) is 14.9 Å². The van der Waals surface area contributed by atoms with Gasteiger partial charge in [-0.15, -0.1) is 0 Å². The minimum atomic E-state index is -0.630. The Labute approximate surface area is 215 Å². The van der Waals surface area contributed by atoms with Crippen LogP contribution in [0.2, 0.25) is 0 Å². The van der Waals surface area contributed by atoms with Gasteiger partial charge >= 0.3 is 0 Å². The quantitative estimate of drug-likeness (QED) is 0.258. The number of aryl methyl sites for hydroxylation is 1. The van der Waals surface area contributed by atoms with Gasteiger partial charge in [-0.25, -0.2) is 9.37 Å². The molecular formula is C26H22FN5O4S. The Kier molecular flexibility index (Phi) is 7.90. The van der Waals surface area contributed by atoms with Crippen molar-refractivity contribution >= 4 is 34.0 Å². The highest BCUT2D eigenvalue weighted by Gasteiger charge is 2.13. The zero-order chi connectivity index (χ0) is 26.4. The van der Waals surface area contributed by atoms with Crippen LogP contribution >= 0.6 is 11.3 Å². The summed E-state index contributed by atoms with van der Waals surface area (Å²) in [5.41, 5.74) is 0.924. The highest BCUT2D eigenvalue weighted by Crippen LogP contribution is 2.30. The molecule has 0 aliphatic heterocycles. The predicted octanol–water partition coefficient (Wildman–Crippen LogP) is 4.38. The van der Waals surface area contributed by atoms with Gasteiger partial charge in [-0.3, -0.25) is 9.59 Å². The summed E-state index contributed by atoms with van der Waals surface area (Å²) in [4.78, 5) is 29.9. The molecule has 0 saturated heterocycles. The highest BCUT2D eigenvalue weighted by atomic mass is 32.1. The molecule has 188 valence electrons. The van der Waals surface area contributed by atoms with E-state index in [2.05, 4.69) is 15.4 Å². The smallest absolute Gasteiger partial charge is 0.275 e. The van der Waals surface area contributed by atoms with Crippen molar-refractivity contribution in [3.8, 4) is 17.6 Å². The molecular weight excluding hydrogens is 497 g/mol. The van der Waals surface area contributed by atoms with Gasteiger partial charge < -0.3 is 14.8 Å². The average Bonchev–Trinajstić information content (AvgIpc) is 3.32. The molecule has 0 aliphatic carbocycles. The number of benzene rings is 2. The molecule has 9 nitrogen and oxygen atoms in total. The molecule has 11 heteroatoms. The summed E-state index contributed by atoms with van der Waals surface area (Å²) in [7, 11) is 0. The Morgan fingerprint density at radius 1 is 1.16 bits per heavy atom. The zero-order valence-electron chi connectivity index (χ0n) is 20.0. The topological polar surface area (TPSA) is 119 Å². The average molecular weight is 520 g/mol. The zero-order valence-corrected chi connectivity index (χ0v) is 20.8. The fourth-order valence-electron chi connectivity index (χ4n) is 3.31. The maximum Gasteiger partial charge on any atom is 0.275 e. The molecule has 2 aromatic heterocycles. The molecule has 0 radical (unpaired) electrons. The van der Waals surface area contributed by atoms with Gasteiger partial charge in [-0.1, -0.05) is 24.3 Å². The lowest BCUT2D eigenvalue weighted by Gasteiger charge is -2.12. The van der Waals surface area contributed by atoms with Crippen LogP contribution < -0.4 is 20.3 Å². The maximum absolute atomic E-state index is 13.1. The van der Waals surface area contributed by atoms with Gasteiger partial charge in [0, 0.05) is 11.8 Å². The van der Waals surface area contributed by atoms with Crippen molar-refractivity contribution in [1.29, 1.82) is 5.26 Å². The molecule has 1 N–H and O–H groups in total. The molecule has 0 bridgehead atoms. The van der Waals surface area contributed by atoms with Gasteiger partial charge in [0.2, 0.25) is 4.96 Å². The summed E-state index contributed by atoms with van der Waals surface area (Å²) < 4.78 is 26.0. The Morgan fingerprint density at radius 2 is 1.95 bits per heavy atom. The lowest BCUT2D eigenvalue weighted by atomic mass is 10.1. The number of nitrogens with one attached hydrogen (secondary N) is 1. The standard InChI is InChI=1S/C26H22FN5O4S/c1-3-23-31-32-24(33)13-20(30-26(32)37-23)15-36-21-10-5-16(12-22(21)35-4-2)11-17(14-28)25(34)29-19-8-6-18(27)7-9-19/h5-13H,3-4,15H2,1-2H3,(H,29,34). The first-order valence-corrected chi connectivity index (χ1v) is 12.2. The molecule has 37 heavy (non-hydrogen) atoms. The lowest BCUT2D eigenvalue weighted by molar-refractivity contribution is -0.112. The van der Waals surface area contributed by atoms with Crippen LogP contribution in [0.15, 0.2) is 58.9 Å². The van der Waals surface area contributed by atoms with E-state index in [1.807, 2.05) is 19.9 Å². The highest BCUT2D eigenvalue weighted by molar-refractivity contribution is 7.16. The van der Waals surface area contributed by atoms with E-state index in [9.17, 15) is 19.2 Å². The molecule has 0 spiro atoms. The number of carbonyl (C=O) groups is 1. The van der Waals surface area contributed by atoms with Crippen molar-refractivity contribution in [3.05, 3.63) is 86.5 Å². The van der Waals surface area contributed by atoms with Crippen molar-refractivity contribution in [3.63, 3.8) is 0 Å². The van der Waals surface area contributed by atoms with Crippen LogP contribution in [0, 0.1) is 17.1 Å². The first kappa shape index (κ1) is 25.5. The van der Waals surface area contributed by atoms with Crippen LogP contribution in [0.5, 0.6) is 11.5 Å².